The number of aromatic nitrogens is 2. The third-order valence-corrected chi connectivity index (χ3v) is 5.40. The molecule has 2 aliphatic rings. The second-order valence-corrected chi connectivity index (χ2v) is 6.58. The monoisotopic (exact) mass is 321 g/mol. The van der Waals surface area contributed by atoms with Gasteiger partial charge < -0.3 is 14.2 Å². The Morgan fingerprint density at radius 2 is 2.00 bits per heavy atom. The van der Waals surface area contributed by atoms with Crippen LogP contribution in [0.15, 0.2) is 12.4 Å². The molecule has 2 fully saturated rings. The number of likely N-dealkylation sites (tertiary alicyclic amines) is 1. The highest BCUT2D eigenvalue weighted by Gasteiger charge is 2.50. The number of hydrogen-bond acceptors (Lipinski definition) is 6. The SMILES string of the molecule is COCc1ncc(CN2CC[C@]3(OC)CC[C@H](OC)C[C@H]23)cn1. The number of ether oxygens (including phenoxy) is 3. The van der Waals surface area contributed by atoms with Gasteiger partial charge in [-0.1, -0.05) is 0 Å². The molecule has 0 bridgehead atoms. The van der Waals surface area contributed by atoms with Crippen molar-refractivity contribution in [2.75, 3.05) is 27.9 Å². The predicted octanol–water partition coefficient (Wildman–Crippen LogP) is 1.78. The second kappa shape index (κ2) is 7.21. The average Bonchev–Trinajstić information content (AvgIpc) is 2.95. The molecule has 0 aromatic carbocycles. The summed E-state index contributed by atoms with van der Waals surface area (Å²) in [6.45, 7) is 2.36. The Hall–Kier alpha value is -1.08. The Bertz CT molecular complexity index is 510. The molecule has 1 aliphatic heterocycles. The topological polar surface area (TPSA) is 56.7 Å². The smallest absolute Gasteiger partial charge is 0.153 e. The summed E-state index contributed by atoms with van der Waals surface area (Å²) in [6, 6.07) is 0.407. The first-order chi connectivity index (χ1) is 11.2. The van der Waals surface area contributed by atoms with E-state index in [-0.39, 0.29) is 5.60 Å². The molecule has 1 saturated heterocycles. The Labute approximate surface area is 138 Å². The summed E-state index contributed by atoms with van der Waals surface area (Å²) in [5.41, 5.74) is 1.13. The minimum absolute atomic E-state index is 0.00806. The Morgan fingerprint density at radius 3 is 2.65 bits per heavy atom. The van der Waals surface area contributed by atoms with Crippen molar-refractivity contribution in [3.8, 4) is 0 Å². The van der Waals surface area contributed by atoms with Crippen LogP contribution in [0.5, 0.6) is 0 Å². The van der Waals surface area contributed by atoms with Gasteiger partial charge in [-0.15, -0.1) is 0 Å². The minimum atomic E-state index is -0.00806. The molecule has 6 heteroatoms. The molecule has 128 valence electrons. The van der Waals surface area contributed by atoms with Crippen LogP contribution in [0.25, 0.3) is 0 Å². The van der Waals surface area contributed by atoms with Gasteiger partial charge in [0.1, 0.15) is 6.61 Å². The molecule has 3 rings (SSSR count). The maximum absolute atomic E-state index is 5.97. The number of fused-ring (bicyclic) bond motifs is 1. The van der Waals surface area contributed by atoms with Crippen LogP contribution in [0.3, 0.4) is 0 Å². The lowest BCUT2D eigenvalue weighted by atomic mass is 9.79. The third kappa shape index (κ3) is 3.40. The summed E-state index contributed by atoms with van der Waals surface area (Å²) in [5.74, 6) is 0.723. The van der Waals surface area contributed by atoms with Crippen molar-refractivity contribution < 1.29 is 14.2 Å². The average molecular weight is 321 g/mol. The molecule has 0 amide bonds. The van der Waals surface area contributed by atoms with Crippen LogP contribution in [0.4, 0.5) is 0 Å². The molecule has 0 unspecified atom stereocenters. The fraction of sp³-hybridized carbons (Fsp3) is 0.765. The van der Waals surface area contributed by atoms with Crippen LogP contribution in [-0.2, 0) is 27.4 Å². The Balaban J connectivity index is 1.69. The zero-order valence-electron chi connectivity index (χ0n) is 14.3. The van der Waals surface area contributed by atoms with E-state index in [4.69, 9.17) is 14.2 Å². The summed E-state index contributed by atoms with van der Waals surface area (Å²) in [7, 11) is 5.32. The van der Waals surface area contributed by atoms with Crippen molar-refractivity contribution in [1.82, 2.24) is 14.9 Å². The Morgan fingerprint density at radius 1 is 1.22 bits per heavy atom. The fourth-order valence-electron chi connectivity index (χ4n) is 4.06. The normalized spacial score (nSPS) is 31.3. The zero-order valence-corrected chi connectivity index (χ0v) is 14.3. The molecule has 3 atom stereocenters. The molecule has 1 aromatic heterocycles. The van der Waals surface area contributed by atoms with E-state index < -0.39 is 0 Å². The third-order valence-electron chi connectivity index (χ3n) is 5.40. The molecule has 6 nitrogen and oxygen atoms in total. The molecule has 1 saturated carbocycles. The van der Waals surface area contributed by atoms with E-state index in [0.29, 0.717) is 18.8 Å². The van der Waals surface area contributed by atoms with Crippen molar-refractivity contribution >= 4 is 0 Å². The van der Waals surface area contributed by atoms with E-state index in [9.17, 15) is 0 Å². The highest BCUT2D eigenvalue weighted by molar-refractivity contribution is 5.10. The molecular formula is C17H27N3O3. The first-order valence-corrected chi connectivity index (χ1v) is 8.31. The van der Waals surface area contributed by atoms with Crippen LogP contribution >= 0.6 is 0 Å². The van der Waals surface area contributed by atoms with E-state index >= 15 is 0 Å². The van der Waals surface area contributed by atoms with E-state index in [1.54, 1.807) is 7.11 Å². The first-order valence-electron chi connectivity index (χ1n) is 8.31. The lowest BCUT2D eigenvalue weighted by Gasteiger charge is -2.43. The van der Waals surface area contributed by atoms with Gasteiger partial charge in [-0.25, -0.2) is 9.97 Å². The maximum atomic E-state index is 5.97. The van der Waals surface area contributed by atoms with Crippen molar-refractivity contribution in [3.05, 3.63) is 23.8 Å². The van der Waals surface area contributed by atoms with Crippen molar-refractivity contribution in [2.24, 2.45) is 0 Å². The molecule has 1 aliphatic carbocycles. The molecule has 0 radical (unpaired) electrons. The maximum Gasteiger partial charge on any atom is 0.153 e. The number of rotatable bonds is 6. The zero-order chi connectivity index (χ0) is 16.3. The Kier molecular flexibility index (Phi) is 5.26. The molecular weight excluding hydrogens is 294 g/mol. The number of hydrogen-bond donors (Lipinski definition) is 0. The van der Waals surface area contributed by atoms with Gasteiger partial charge in [0.25, 0.3) is 0 Å². The predicted molar refractivity (Wildman–Crippen MR) is 85.9 cm³/mol. The minimum Gasteiger partial charge on any atom is -0.381 e. The fourth-order valence-corrected chi connectivity index (χ4v) is 4.06. The van der Waals surface area contributed by atoms with Crippen LogP contribution < -0.4 is 0 Å². The largest absolute Gasteiger partial charge is 0.381 e. The van der Waals surface area contributed by atoms with Gasteiger partial charge in [0.15, 0.2) is 5.82 Å². The summed E-state index contributed by atoms with van der Waals surface area (Å²) >= 11 is 0. The van der Waals surface area contributed by atoms with E-state index in [0.717, 1.165) is 50.2 Å². The van der Waals surface area contributed by atoms with Gasteiger partial charge in [-0.3, -0.25) is 4.90 Å². The summed E-state index contributed by atoms with van der Waals surface area (Å²) in [6.07, 6.45) is 8.44. The summed E-state index contributed by atoms with van der Waals surface area (Å²) in [4.78, 5) is 11.2. The first kappa shape index (κ1) is 16.8. The highest BCUT2D eigenvalue weighted by atomic mass is 16.5. The number of nitrogens with zero attached hydrogens (tertiary/aromatic N) is 3. The van der Waals surface area contributed by atoms with Gasteiger partial charge in [-0.05, 0) is 25.7 Å². The molecule has 0 N–H and O–H groups in total. The van der Waals surface area contributed by atoms with Crippen molar-refractivity contribution in [1.29, 1.82) is 0 Å². The lowest BCUT2D eigenvalue weighted by Crippen LogP contribution is -2.51. The molecule has 2 heterocycles. The highest BCUT2D eigenvalue weighted by Crippen LogP contribution is 2.43. The van der Waals surface area contributed by atoms with Gasteiger partial charge >= 0.3 is 0 Å². The second-order valence-electron chi connectivity index (χ2n) is 6.58. The van der Waals surface area contributed by atoms with E-state index in [2.05, 4.69) is 14.9 Å². The van der Waals surface area contributed by atoms with E-state index in [1.165, 1.54) is 0 Å². The van der Waals surface area contributed by atoms with Crippen molar-refractivity contribution in [3.63, 3.8) is 0 Å². The van der Waals surface area contributed by atoms with Crippen LogP contribution in [0.1, 0.15) is 37.1 Å². The van der Waals surface area contributed by atoms with Crippen molar-refractivity contribution in [2.45, 2.75) is 56.6 Å². The van der Waals surface area contributed by atoms with Gasteiger partial charge in [0, 0.05) is 58.4 Å². The van der Waals surface area contributed by atoms with Crippen LogP contribution in [0.2, 0.25) is 0 Å². The summed E-state index contributed by atoms with van der Waals surface area (Å²) < 4.78 is 16.6. The van der Waals surface area contributed by atoms with Gasteiger partial charge in [0.2, 0.25) is 0 Å². The quantitative estimate of drug-likeness (QED) is 0.796. The van der Waals surface area contributed by atoms with Crippen LogP contribution in [0, 0.1) is 0 Å². The van der Waals surface area contributed by atoms with Crippen LogP contribution in [-0.4, -0.2) is 60.5 Å². The standard InChI is InChI=1S/C17H27N3O3/c1-21-12-16-18-9-13(10-19-16)11-20-7-6-17(23-3)5-4-14(22-2)8-15(17)20/h9-10,14-15H,4-8,11-12H2,1-3H3/t14-,15-,17+/m0/s1. The lowest BCUT2D eigenvalue weighted by molar-refractivity contribution is -0.0947. The summed E-state index contributed by atoms with van der Waals surface area (Å²) in [5, 5.41) is 0. The molecule has 0 spiro atoms. The molecule has 23 heavy (non-hydrogen) atoms. The van der Waals surface area contributed by atoms with Gasteiger partial charge in [-0.2, -0.15) is 0 Å². The van der Waals surface area contributed by atoms with Gasteiger partial charge in [0.05, 0.1) is 11.7 Å². The molecule has 1 aromatic rings. The van der Waals surface area contributed by atoms with E-state index in [1.807, 2.05) is 26.6 Å². The number of methoxy groups -OCH3 is 3.